The summed E-state index contributed by atoms with van der Waals surface area (Å²) in [5.41, 5.74) is 0.944. The lowest BCUT2D eigenvalue weighted by atomic mass is 9.80. The number of anilines is 1. The SMILES string of the molecule is CC1(C2CCN(C(=O)c3ccc(OCC(=O)O)cc3)CC2)CN(c2ccccc2)C(=O)CO1. The van der Waals surface area contributed by atoms with Gasteiger partial charge in [0, 0.05) is 24.3 Å². The highest BCUT2D eigenvalue weighted by atomic mass is 16.5. The van der Waals surface area contributed by atoms with Crippen LogP contribution in [-0.4, -0.2) is 66.2 Å². The molecule has 2 saturated heterocycles. The number of carbonyl (C=O) groups is 3. The van der Waals surface area contributed by atoms with Crippen molar-refractivity contribution < 1.29 is 29.0 Å². The molecule has 2 fully saturated rings. The Morgan fingerprint density at radius 2 is 1.76 bits per heavy atom. The minimum absolute atomic E-state index is 0.0398. The van der Waals surface area contributed by atoms with Gasteiger partial charge in [-0.15, -0.1) is 0 Å². The zero-order valence-corrected chi connectivity index (χ0v) is 18.6. The molecule has 0 radical (unpaired) electrons. The Hall–Kier alpha value is -3.39. The van der Waals surface area contributed by atoms with E-state index in [9.17, 15) is 14.4 Å². The topological polar surface area (TPSA) is 96.4 Å². The molecule has 0 spiro atoms. The van der Waals surface area contributed by atoms with Crippen molar-refractivity contribution in [3.63, 3.8) is 0 Å². The molecule has 1 N–H and O–H groups in total. The molecule has 2 aliphatic heterocycles. The molecule has 1 unspecified atom stereocenters. The highest BCUT2D eigenvalue weighted by Crippen LogP contribution is 2.36. The second kappa shape index (κ2) is 9.62. The molecule has 8 heteroatoms. The summed E-state index contributed by atoms with van der Waals surface area (Å²) in [5.74, 6) is -0.513. The van der Waals surface area contributed by atoms with Crippen LogP contribution in [0.3, 0.4) is 0 Å². The fraction of sp³-hybridized carbons (Fsp3) is 0.400. The number of hydrogen-bond acceptors (Lipinski definition) is 5. The maximum Gasteiger partial charge on any atom is 0.341 e. The summed E-state index contributed by atoms with van der Waals surface area (Å²) < 4.78 is 11.2. The second-order valence-electron chi connectivity index (χ2n) is 8.69. The van der Waals surface area contributed by atoms with Crippen LogP contribution >= 0.6 is 0 Å². The first-order chi connectivity index (χ1) is 15.9. The first kappa shape index (κ1) is 22.8. The molecule has 4 rings (SSSR count). The zero-order chi connectivity index (χ0) is 23.4. The highest BCUT2D eigenvalue weighted by Gasteiger charge is 2.44. The molecule has 33 heavy (non-hydrogen) atoms. The Morgan fingerprint density at radius 1 is 1.09 bits per heavy atom. The van der Waals surface area contributed by atoms with E-state index >= 15 is 0 Å². The molecule has 174 valence electrons. The molecule has 0 aliphatic carbocycles. The molecule has 1 atom stereocenters. The normalized spacial score (nSPS) is 21.7. The summed E-state index contributed by atoms with van der Waals surface area (Å²) in [7, 11) is 0. The van der Waals surface area contributed by atoms with Gasteiger partial charge in [-0.2, -0.15) is 0 Å². The fourth-order valence-electron chi connectivity index (χ4n) is 4.56. The number of para-hydroxylation sites is 1. The van der Waals surface area contributed by atoms with Gasteiger partial charge in [0.2, 0.25) is 0 Å². The Kier molecular flexibility index (Phi) is 6.65. The van der Waals surface area contributed by atoms with E-state index in [2.05, 4.69) is 6.92 Å². The number of amides is 2. The van der Waals surface area contributed by atoms with Gasteiger partial charge in [0.25, 0.3) is 11.8 Å². The minimum atomic E-state index is -1.05. The van der Waals surface area contributed by atoms with Crippen molar-refractivity contribution in [1.82, 2.24) is 4.90 Å². The summed E-state index contributed by atoms with van der Waals surface area (Å²) in [5, 5.41) is 8.69. The number of carbonyl (C=O) groups excluding carboxylic acids is 2. The first-order valence-corrected chi connectivity index (χ1v) is 11.1. The number of hydrogen-bond donors (Lipinski definition) is 1. The van der Waals surface area contributed by atoms with Crippen LogP contribution in [0.2, 0.25) is 0 Å². The maximum atomic E-state index is 12.9. The van der Waals surface area contributed by atoms with Crippen LogP contribution in [0.15, 0.2) is 54.6 Å². The van der Waals surface area contributed by atoms with Crippen LogP contribution in [0.5, 0.6) is 5.75 Å². The van der Waals surface area contributed by atoms with E-state index in [1.165, 1.54) is 0 Å². The van der Waals surface area contributed by atoms with Gasteiger partial charge in [-0.1, -0.05) is 18.2 Å². The van der Waals surface area contributed by atoms with Crippen LogP contribution in [-0.2, 0) is 14.3 Å². The third-order valence-electron chi connectivity index (χ3n) is 6.48. The number of benzene rings is 2. The van der Waals surface area contributed by atoms with Gasteiger partial charge >= 0.3 is 5.97 Å². The Balaban J connectivity index is 1.35. The molecule has 0 saturated carbocycles. The number of nitrogens with zero attached hydrogens (tertiary/aromatic N) is 2. The molecule has 2 heterocycles. The van der Waals surface area contributed by atoms with E-state index in [4.69, 9.17) is 14.6 Å². The Bertz CT molecular complexity index is 1000. The van der Waals surface area contributed by atoms with Gasteiger partial charge in [0.05, 0.1) is 12.1 Å². The number of morpholine rings is 1. The second-order valence-corrected chi connectivity index (χ2v) is 8.69. The number of carboxylic acid groups (broad SMARTS) is 1. The molecule has 2 aromatic carbocycles. The van der Waals surface area contributed by atoms with E-state index in [1.54, 1.807) is 29.2 Å². The Labute approximate surface area is 192 Å². The van der Waals surface area contributed by atoms with Gasteiger partial charge in [-0.05, 0) is 62.1 Å². The number of rotatable bonds is 6. The van der Waals surface area contributed by atoms with E-state index in [-0.39, 0.29) is 24.3 Å². The molecule has 0 aromatic heterocycles. The lowest BCUT2D eigenvalue weighted by molar-refractivity contribution is -0.145. The van der Waals surface area contributed by atoms with Crippen LogP contribution in [0.4, 0.5) is 5.69 Å². The van der Waals surface area contributed by atoms with Gasteiger partial charge in [-0.3, -0.25) is 9.59 Å². The van der Waals surface area contributed by atoms with Crippen molar-refractivity contribution >= 4 is 23.5 Å². The smallest absolute Gasteiger partial charge is 0.341 e. The Morgan fingerprint density at radius 3 is 2.39 bits per heavy atom. The van der Waals surface area contributed by atoms with E-state index in [0.29, 0.717) is 30.9 Å². The third-order valence-corrected chi connectivity index (χ3v) is 6.48. The molecular weight excluding hydrogens is 424 g/mol. The summed E-state index contributed by atoms with van der Waals surface area (Å²) in [6.07, 6.45) is 1.58. The first-order valence-electron chi connectivity index (χ1n) is 11.1. The van der Waals surface area contributed by atoms with Crippen molar-refractivity contribution in [2.24, 2.45) is 5.92 Å². The predicted molar refractivity (Wildman–Crippen MR) is 121 cm³/mol. The maximum absolute atomic E-state index is 12.9. The van der Waals surface area contributed by atoms with Crippen LogP contribution in [0, 0.1) is 5.92 Å². The lowest BCUT2D eigenvalue weighted by Crippen LogP contribution is -2.58. The average Bonchev–Trinajstić information content (AvgIpc) is 2.85. The summed E-state index contributed by atoms with van der Waals surface area (Å²) in [6, 6.07) is 16.2. The quantitative estimate of drug-likeness (QED) is 0.724. The van der Waals surface area contributed by atoms with Gasteiger partial charge < -0.3 is 24.4 Å². The number of likely N-dealkylation sites (tertiary alicyclic amines) is 1. The standard InChI is InChI=1S/C25H28N2O6/c1-25(17-27(22(28)15-33-25)20-5-3-2-4-6-20)19-11-13-26(14-12-19)24(31)18-7-9-21(10-8-18)32-16-23(29)30/h2-10,19H,11-17H2,1H3,(H,29,30). The molecular formula is C25H28N2O6. The van der Waals surface area contributed by atoms with Crippen LogP contribution < -0.4 is 9.64 Å². The van der Waals surface area contributed by atoms with Crippen molar-refractivity contribution in [1.29, 1.82) is 0 Å². The molecule has 8 nitrogen and oxygen atoms in total. The van der Waals surface area contributed by atoms with Crippen molar-refractivity contribution in [2.45, 2.75) is 25.4 Å². The highest BCUT2D eigenvalue weighted by molar-refractivity contribution is 5.95. The van der Waals surface area contributed by atoms with Crippen molar-refractivity contribution in [3.05, 3.63) is 60.2 Å². The van der Waals surface area contributed by atoms with Crippen molar-refractivity contribution in [2.75, 3.05) is 37.7 Å². The summed E-state index contributed by atoms with van der Waals surface area (Å²) in [6.45, 7) is 3.41. The summed E-state index contributed by atoms with van der Waals surface area (Å²) in [4.78, 5) is 39.6. The molecule has 2 aromatic rings. The minimum Gasteiger partial charge on any atom is -0.482 e. The lowest BCUT2D eigenvalue weighted by Gasteiger charge is -2.47. The predicted octanol–water partition coefficient (Wildman–Crippen LogP) is 2.82. The fourth-order valence-corrected chi connectivity index (χ4v) is 4.56. The zero-order valence-electron chi connectivity index (χ0n) is 18.6. The number of carboxylic acids is 1. The average molecular weight is 453 g/mol. The van der Waals surface area contributed by atoms with Gasteiger partial charge in [-0.25, -0.2) is 4.79 Å². The van der Waals surface area contributed by atoms with Gasteiger partial charge in [0.15, 0.2) is 6.61 Å². The molecule has 2 aliphatic rings. The third kappa shape index (κ3) is 5.17. The van der Waals surface area contributed by atoms with Crippen LogP contribution in [0.1, 0.15) is 30.1 Å². The monoisotopic (exact) mass is 452 g/mol. The molecule has 2 amide bonds. The number of aliphatic carboxylic acids is 1. The van der Waals surface area contributed by atoms with E-state index < -0.39 is 18.2 Å². The van der Waals surface area contributed by atoms with Gasteiger partial charge in [0.1, 0.15) is 12.4 Å². The largest absolute Gasteiger partial charge is 0.482 e. The van der Waals surface area contributed by atoms with E-state index in [0.717, 1.165) is 18.5 Å². The summed E-state index contributed by atoms with van der Waals surface area (Å²) >= 11 is 0. The number of ether oxygens (including phenoxy) is 2. The van der Waals surface area contributed by atoms with Crippen molar-refractivity contribution in [3.8, 4) is 5.75 Å². The van der Waals surface area contributed by atoms with Crippen LogP contribution in [0.25, 0.3) is 0 Å². The van der Waals surface area contributed by atoms with E-state index in [1.807, 2.05) is 35.2 Å². The molecule has 0 bridgehead atoms. The number of piperidine rings is 1.